The van der Waals surface area contributed by atoms with Crippen LogP contribution < -0.4 is 16.0 Å². The van der Waals surface area contributed by atoms with Crippen LogP contribution in [0.1, 0.15) is 24.5 Å². The molecule has 4 nitrogen and oxygen atoms in total. The average molecular weight is 233 g/mol. The summed E-state index contributed by atoms with van der Waals surface area (Å²) in [4.78, 5) is 11.3. The van der Waals surface area contributed by atoms with Crippen LogP contribution in [-0.4, -0.2) is 19.1 Å². The van der Waals surface area contributed by atoms with Crippen molar-refractivity contribution in [3.8, 4) is 0 Å². The second-order valence-corrected chi connectivity index (χ2v) is 4.19. The lowest BCUT2D eigenvalue weighted by molar-refractivity contribution is 0.241. The molecule has 0 radical (unpaired) electrons. The Morgan fingerprint density at radius 3 is 3.12 bits per heavy atom. The lowest BCUT2D eigenvalue weighted by Gasteiger charge is -2.21. The van der Waals surface area contributed by atoms with Crippen molar-refractivity contribution in [1.29, 1.82) is 0 Å². The summed E-state index contributed by atoms with van der Waals surface area (Å²) in [6, 6.07) is 6.11. The molecule has 1 aromatic rings. The molecule has 0 unspecified atom stereocenters. The smallest absolute Gasteiger partial charge is 0.315 e. The molecule has 1 heterocycles. The monoisotopic (exact) mass is 233 g/mol. The molecule has 0 aromatic heterocycles. The number of urea groups is 1. The molecule has 92 valence electrons. The van der Waals surface area contributed by atoms with Gasteiger partial charge in [0.15, 0.2) is 0 Å². The van der Waals surface area contributed by atoms with Crippen LogP contribution >= 0.6 is 0 Å². The van der Waals surface area contributed by atoms with Crippen LogP contribution in [0, 0.1) is 0 Å². The second-order valence-electron chi connectivity index (χ2n) is 4.19. The van der Waals surface area contributed by atoms with E-state index in [4.69, 9.17) is 0 Å². The summed E-state index contributed by atoms with van der Waals surface area (Å²) in [6.07, 6.45) is 2.25. The fourth-order valence-electron chi connectivity index (χ4n) is 2.15. The third-order valence-corrected chi connectivity index (χ3v) is 2.97. The Balaban J connectivity index is 2.03. The van der Waals surface area contributed by atoms with Crippen LogP contribution in [-0.2, 0) is 13.0 Å². The summed E-state index contributed by atoms with van der Waals surface area (Å²) in [5.74, 6) is 0. The average Bonchev–Trinajstić information content (AvgIpc) is 2.36. The normalized spacial score (nSPS) is 13.5. The van der Waals surface area contributed by atoms with Crippen molar-refractivity contribution < 1.29 is 4.79 Å². The van der Waals surface area contributed by atoms with Gasteiger partial charge < -0.3 is 16.0 Å². The fraction of sp³-hybridized carbons (Fsp3) is 0.462. The molecule has 0 saturated heterocycles. The molecule has 0 saturated carbocycles. The van der Waals surface area contributed by atoms with Crippen molar-refractivity contribution in [1.82, 2.24) is 10.6 Å². The number of nitrogens with one attached hydrogen (secondary N) is 3. The highest BCUT2D eigenvalue weighted by atomic mass is 16.2. The molecule has 0 fully saturated rings. The zero-order chi connectivity index (χ0) is 12.1. The number of hydrogen-bond acceptors (Lipinski definition) is 2. The molecular weight excluding hydrogens is 214 g/mol. The third kappa shape index (κ3) is 2.90. The predicted molar refractivity (Wildman–Crippen MR) is 69.2 cm³/mol. The number of carbonyl (C=O) groups excluding carboxylic acids is 1. The van der Waals surface area contributed by atoms with Crippen molar-refractivity contribution in [3.05, 3.63) is 29.3 Å². The minimum Gasteiger partial charge on any atom is -0.385 e. The van der Waals surface area contributed by atoms with Gasteiger partial charge in [0.1, 0.15) is 0 Å². The fourth-order valence-corrected chi connectivity index (χ4v) is 2.15. The molecule has 17 heavy (non-hydrogen) atoms. The van der Waals surface area contributed by atoms with Crippen LogP contribution in [0.25, 0.3) is 0 Å². The Labute approximate surface area is 102 Å². The number of benzene rings is 1. The van der Waals surface area contributed by atoms with Gasteiger partial charge in [-0.1, -0.05) is 12.1 Å². The Morgan fingerprint density at radius 2 is 2.29 bits per heavy atom. The van der Waals surface area contributed by atoms with E-state index in [1.807, 2.05) is 13.0 Å². The van der Waals surface area contributed by atoms with Gasteiger partial charge in [-0.3, -0.25) is 0 Å². The molecular formula is C13H19N3O. The number of rotatable bonds is 3. The first-order valence-corrected chi connectivity index (χ1v) is 6.17. The van der Waals surface area contributed by atoms with Crippen molar-refractivity contribution in [2.45, 2.75) is 26.3 Å². The van der Waals surface area contributed by atoms with Gasteiger partial charge in [0.2, 0.25) is 0 Å². The van der Waals surface area contributed by atoms with E-state index in [0.29, 0.717) is 13.1 Å². The molecule has 4 heteroatoms. The number of anilines is 1. The van der Waals surface area contributed by atoms with Crippen LogP contribution in [0.5, 0.6) is 0 Å². The maximum Gasteiger partial charge on any atom is 0.315 e. The molecule has 1 aliphatic heterocycles. The van der Waals surface area contributed by atoms with Gasteiger partial charge >= 0.3 is 6.03 Å². The van der Waals surface area contributed by atoms with Crippen LogP contribution in [0.15, 0.2) is 18.2 Å². The Bertz CT molecular complexity index is 404. The molecule has 1 aromatic carbocycles. The Hall–Kier alpha value is -1.71. The maximum atomic E-state index is 11.3. The molecule has 1 aliphatic rings. The van der Waals surface area contributed by atoms with E-state index in [0.717, 1.165) is 19.4 Å². The van der Waals surface area contributed by atoms with E-state index in [1.165, 1.54) is 16.8 Å². The van der Waals surface area contributed by atoms with Crippen molar-refractivity contribution >= 4 is 11.7 Å². The summed E-state index contributed by atoms with van der Waals surface area (Å²) >= 11 is 0. The molecule has 2 amide bonds. The topological polar surface area (TPSA) is 53.2 Å². The van der Waals surface area contributed by atoms with Crippen LogP contribution in [0.4, 0.5) is 10.5 Å². The van der Waals surface area contributed by atoms with E-state index < -0.39 is 0 Å². The molecule has 3 N–H and O–H groups in total. The summed E-state index contributed by atoms with van der Waals surface area (Å²) in [7, 11) is 0. The molecule has 2 rings (SSSR count). The second kappa shape index (κ2) is 5.57. The van der Waals surface area contributed by atoms with Gasteiger partial charge in [0.25, 0.3) is 0 Å². The van der Waals surface area contributed by atoms with E-state index in [-0.39, 0.29) is 6.03 Å². The molecule has 0 bridgehead atoms. The van der Waals surface area contributed by atoms with Crippen molar-refractivity contribution in [2.75, 3.05) is 18.4 Å². The molecule has 0 spiro atoms. The summed E-state index contributed by atoms with van der Waals surface area (Å²) in [5.41, 5.74) is 3.77. The van der Waals surface area contributed by atoms with E-state index in [2.05, 4.69) is 28.1 Å². The highest BCUT2D eigenvalue weighted by molar-refractivity contribution is 5.73. The van der Waals surface area contributed by atoms with Gasteiger partial charge in [-0.05, 0) is 37.0 Å². The summed E-state index contributed by atoms with van der Waals surface area (Å²) in [5, 5.41) is 8.99. The first-order valence-electron chi connectivity index (χ1n) is 6.17. The van der Waals surface area contributed by atoms with Gasteiger partial charge in [0.05, 0.1) is 0 Å². The Kier molecular flexibility index (Phi) is 3.85. The van der Waals surface area contributed by atoms with Crippen LogP contribution in [0.2, 0.25) is 0 Å². The maximum absolute atomic E-state index is 11.3. The zero-order valence-electron chi connectivity index (χ0n) is 10.2. The quantitative estimate of drug-likeness (QED) is 0.746. The first-order chi connectivity index (χ1) is 8.31. The molecule has 0 aliphatic carbocycles. The number of fused-ring (bicyclic) bond motifs is 1. The SMILES string of the molecule is CCNC(=O)NCc1cccc2c1CCCN2. The first kappa shape index (κ1) is 11.8. The lowest BCUT2D eigenvalue weighted by atomic mass is 9.97. The Morgan fingerprint density at radius 1 is 1.41 bits per heavy atom. The zero-order valence-corrected chi connectivity index (χ0v) is 10.2. The van der Waals surface area contributed by atoms with Crippen molar-refractivity contribution in [2.24, 2.45) is 0 Å². The lowest BCUT2D eigenvalue weighted by Crippen LogP contribution is -2.35. The summed E-state index contributed by atoms with van der Waals surface area (Å²) in [6.45, 7) is 4.20. The van der Waals surface area contributed by atoms with Gasteiger partial charge in [0, 0.05) is 25.3 Å². The van der Waals surface area contributed by atoms with Crippen molar-refractivity contribution in [3.63, 3.8) is 0 Å². The predicted octanol–water partition coefficient (Wildman–Crippen LogP) is 1.86. The highest BCUT2D eigenvalue weighted by Crippen LogP contribution is 2.25. The number of carbonyl (C=O) groups is 1. The van der Waals surface area contributed by atoms with E-state index in [9.17, 15) is 4.79 Å². The van der Waals surface area contributed by atoms with Gasteiger partial charge in [-0.25, -0.2) is 4.79 Å². The third-order valence-electron chi connectivity index (χ3n) is 2.97. The van der Waals surface area contributed by atoms with Crippen LogP contribution in [0.3, 0.4) is 0 Å². The van der Waals surface area contributed by atoms with E-state index >= 15 is 0 Å². The number of amides is 2. The van der Waals surface area contributed by atoms with Gasteiger partial charge in [-0.2, -0.15) is 0 Å². The van der Waals surface area contributed by atoms with Gasteiger partial charge in [-0.15, -0.1) is 0 Å². The number of hydrogen-bond donors (Lipinski definition) is 3. The largest absolute Gasteiger partial charge is 0.385 e. The standard InChI is InChI=1S/C13H19N3O/c1-2-14-13(17)16-9-10-5-3-7-12-11(10)6-4-8-15-12/h3,5,7,15H,2,4,6,8-9H2,1H3,(H2,14,16,17). The molecule has 0 atom stereocenters. The minimum atomic E-state index is -0.103. The van der Waals surface area contributed by atoms with E-state index in [1.54, 1.807) is 0 Å². The minimum absolute atomic E-state index is 0.103. The summed E-state index contributed by atoms with van der Waals surface area (Å²) < 4.78 is 0. The highest BCUT2D eigenvalue weighted by Gasteiger charge is 2.12.